The Hall–Kier alpha value is -1.91. The number of aliphatic hydroxyl groups excluding tert-OH is 1. The van der Waals surface area contributed by atoms with Gasteiger partial charge in [0.25, 0.3) is 0 Å². The van der Waals surface area contributed by atoms with Gasteiger partial charge >= 0.3 is 0 Å². The van der Waals surface area contributed by atoms with Crippen molar-refractivity contribution in [3.05, 3.63) is 59.4 Å². The lowest BCUT2D eigenvalue weighted by molar-refractivity contribution is -0.204. The molecule has 0 aliphatic heterocycles. The molecule has 2 rings (SSSR count). The largest absolute Gasteiger partial charge is 0.511 e. The Bertz CT molecular complexity index is 574. The van der Waals surface area contributed by atoms with Gasteiger partial charge in [-0.3, -0.25) is 4.79 Å². The molecule has 22 heavy (non-hydrogen) atoms. The zero-order valence-corrected chi connectivity index (χ0v) is 13.0. The van der Waals surface area contributed by atoms with Crippen molar-refractivity contribution in [1.82, 2.24) is 0 Å². The molecule has 0 fully saturated rings. The summed E-state index contributed by atoms with van der Waals surface area (Å²) >= 11 is 0. The first kappa shape index (κ1) is 16.5. The first-order valence-electron chi connectivity index (χ1n) is 7.61. The Labute approximate surface area is 131 Å². The highest BCUT2D eigenvalue weighted by Crippen LogP contribution is 2.31. The highest BCUT2D eigenvalue weighted by molar-refractivity contribution is 6.11. The second-order valence-corrected chi connectivity index (χ2v) is 5.16. The molecule has 0 radical (unpaired) electrons. The Morgan fingerprint density at radius 2 is 1.95 bits per heavy atom. The topological polar surface area (TPSA) is 55.8 Å². The fourth-order valence-electron chi connectivity index (χ4n) is 2.40. The average molecular weight is 302 g/mol. The van der Waals surface area contributed by atoms with E-state index in [1.807, 2.05) is 19.9 Å². The second kappa shape index (κ2) is 7.38. The van der Waals surface area contributed by atoms with E-state index in [2.05, 4.69) is 0 Å². The van der Waals surface area contributed by atoms with Crippen LogP contribution in [0.2, 0.25) is 0 Å². The lowest BCUT2D eigenvalue weighted by atomic mass is 9.94. The summed E-state index contributed by atoms with van der Waals surface area (Å²) in [6, 6.07) is 8.90. The molecule has 0 spiro atoms. The van der Waals surface area contributed by atoms with E-state index < -0.39 is 5.79 Å². The predicted molar refractivity (Wildman–Crippen MR) is 84.8 cm³/mol. The van der Waals surface area contributed by atoms with Crippen molar-refractivity contribution in [3.63, 3.8) is 0 Å². The minimum absolute atomic E-state index is 0.000839. The summed E-state index contributed by atoms with van der Waals surface area (Å²) in [5.41, 5.74) is 0.841. The van der Waals surface area contributed by atoms with Crippen LogP contribution in [0.15, 0.2) is 53.8 Å². The van der Waals surface area contributed by atoms with Gasteiger partial charge in [0.2, 0.25) is 0 Å². The van der Waals surface area contributed by atoms with E-state index in [9.17, 15) is 9.90 Å². The summed E-state index contributed by atoms with van der Waals surface area (Å²) in [5, 5.41) is 10.3. The highest BCUT2D eigenvalue weighted by Gasteiger charge is 2.35. The number of aliphatic hydroxyl groups is 1. The van der Waals surface area contributed by atoms with Crippen LogP contribution in [0.1, 0.15) is 37.0 Å². The van der Waals surface area contributed by atoms with E-state index in [0.29, 0.717) is 24.4 Å². The third-order valence-corrected chi connectivity index (χ3v) is 3.45. The molecule has 1 N–H and O–H groups in total. The molecule has 1 aliphatic rings. The summed E-state index contributed by atoms with van der Waals surface area (Å²) in [6.07, 6.45) is 4.32. The fourth-order valence-corrected chi connectivity index (χ4v) is 2.40. The molecular weight excluding hydrogens is 280 g/mol. The van der Waals surface area contributed by atoms with Crippen LogP contribution in [0.3, 0.4) is 0 Å². The quantitative estimate of drug-likeness (QED) is 0.615. The number of allylic oxidation sites excluding steroid dienone is 2. The van der Waals surface area contributed by atoms with Crippen LogP contribution >= 0.6 is 0 Å². The molecule has 4 nitrogen and oxygen atoms in total. The van der Waals surface area contributed by atoms with Gasteiger partial charge in [-0.1, -0.05) is 37.3 Å². The van der Waals surface area contributed by atoms with Gasteiger partial charge in [-0.2, -0.15) is 0 Å². The normalized spacial score (nSPS) is 21.2. The summed E-state index contributed by atoms with van der Waals surface area (Å²) in [4.78, 5) is 12.4. The standard InChI is InChI=1S/C18H22O4/c1-3-12-22-18(21-4-2)11-10-15(16(19)13-18)17(20)14-8-6-5-7-9-14/h5-11,19H,3-4,12-13H2,1-2H3. The van der Waals surface area contributed by atoms with E-state index in [4.69, 9.17) is 9.47 Å². The van der Waals surface area contributed by atoms with Crippen LogP contribution in [0.5, 0.6) is 0 Å². The SMILES string of the molecule is CCCOC1(OCC)C=CC(C(=O)c2ccccc2)=C(O)C1. The molecule has 0 amide bonds. The Balaban J connectivity index is 2.21. The third kappa shape index (κ3) is 3.64. The van der Waals surface area contributed by atoms with Crippen LogP contribution in [0.4, 0.5) is 0 Å². The van der Waals surface area contributed by atoms with Crippen molar-refractivity contribution in [2.45, 2.75) is 32.5 Å². The van der Waals surface area contributed by atoms with Crippen LogP contribution in [-0.2, 0) is 9.47 Å². The van der Waals surface area contributed by atoms with Crippen molar-refractivity contribution in [2.75, 3.05) is 13.2 Å². The van der Waals surface area contributed by atoms with Gasteiger partial charge in [0.15, 0.2) is 11.6 Å². The van der Waals surface area contributed by atoms with Gasteiger partial charge in [-0.05, 0) is 25.5 Å². The Morgan fingerprint density at radius 1 is 1.23 bits per heavy atom. The Kier molecular flexibility index (Phi) is 5.52. The molecule has 1 unspecified atom stereocenters. The molecule has 0 aromatic heterocycles. The van der Waals surface area contributed by atoms with E-state index in [1.165, 1.54) is 0 Å². The van der Waals surface area contributed by atoms with Crippen LogP contribution in [0, 0.1) is 0 Å². The lowest BCUT2D eigenvalue weighted by Crippen LogP contribution is -2.37. The van der Waals surface area contributed by atoms with Gasteiger partial charge in [-0.15, -0.1) is 0 Å². The molecular formula is C18H22O4. The van der Waals surface area contributed by atoms with Crippen LogP contribution in [0.25, 0.3) is 0 Å². The molecule has 118 valence electrons. The first-order valence-corrected chi connectivity index (χ1v) is 7.61. The minimum Gasteiger partial charge on any atom is -0.511 e. The summed E-state index contributed by atoms with van der Waals surface area (Å²) in [7, 11) is 0. The van der Waals surface area contributed by atoms with Gasteiger partial charge < -0.3 is 14.6 Å². The second-order valence-electron chi connectivity index (χ2n) is 5.16. The minimum atomic E-state index is -0.977. The number of carbonyl (C=O) groups excluding carboxylic acids is 1. The van der Waals surface area contributed by atoms with Gasteiger partial charge in [-0.25, -0.2) is 0 Å². The van der Waals surface area contributed by atoms with E-state index in [0.717, 1.165) is 6.42 Å². The molecule has 1 atom stereocenters. The van der Waals surface area contributed by atoms with E-state index in [-0.39, 0.29) is 18.0 Å². The lowest BCUT2D eigenvalue weighted by Gasteiger charge is -2.33. The first-order chi connectivity index (χ1) is 10.6. The predicted octanol–water partition coefficient (Wildman–Crippen LogP) is 3.80. The maximum absolute atomic E-state index is 12.4. The zero-order valence-electron chi connectivity index (χ0n) is 13.0. The van der Waals surface area contributed by atoms with E-state index >= 15 is 0 Å². The average Bonchev–Trinajstić information content (AvgIpc) is 2.54. The summed E-state index contributed by atoms with van der Waals surface area (Å²) in [6.45, 7) is 4.87. The molecule has 0 heterocycles. The number of ketones is 1. The van der Waals surface area contributed by atoms with Crippen LogP contribution < -0.4 is 0 Å². The maximum Gasteiger partial charge on any atom is 0.196 e. The Morgan fingerprint density at radius 3 is 2.55 bits per heavy atom. The molecule has 1 aromatic carbocycles. The summed E-state index contributed by atoms with van der Waals surface area (Å²) < 4.78 is 11.4. The fraction of sp³-hybridized carbons (Fsp3) is 0.389. The molecule has 4 heteroatoms. The van der Waals surface area contributed by atoms with Gasteiger partial charge in [0.05, 0.1) is 18.6 Å². The third-order valence-electron chi connectivity index (χ3n) is 3.45. The number of hydrogen-bond acceptors (Lipinski definition) is 4. The molecule has 1 aliphatic carbocycles. The van der Waals surface area contributed by atoms with Crippen molar-refractivity contribution in [3.8, 4) is 0 Å². The molecule has 0 saturated carbocycles. The van der Waals surface area contributed by atoms with E-state index in [1.54, 1.807) is 36.4 Å². The molecule has 0 bridgehead atoms. The number of carbonyl (C=O) groups is 1. The highest BCUT2D eigenvalue weighted by atomic mass is 16.7. The summed E-state index contributed by atoms with van der Waals surface area (Å²) in [5.74, 6) is -1.18. The smallest absolute Gasteiger partial charge is 0.196 e. The van der Waals surface area contributed by atoms with Gasteiger partial charge in [0, 0.05) is 12.2 Å². The molecule has 1 aromatic rings. The monoisotopic (exact) mass is 302 g/mol. The number of hydrogen-bond donors (Lipinski definition) is 1. The number of benzene rings is 1. The molecule has 0 saturated heterocycles. The zero-order chi connectivity index (χ0) is 16.0. The van der Waals surface area contributed by atoms with Crippen molar-refractivity contribution >= 4 is 5.78 Å². The number of Topliss-reactive ketones (excluding diaryl/α,β-unsaturated/α-hetero) is 1. The number of rotatable bonds is 7. The van der Waals surface area contributed by atoms with Crippen LogP contribution in [-0.4, -0.2) is 29.9 Å². The van der Waals surface area contributed by atoms with Crippen molar-refractivity contribution in [2.24, 2.45) is 0 Å². The number of ether oxygens (including phenoxy) is 2. The maximum atomic E-state index is 12.4. The van der Waals surface area contributed by atoms with Gasteiger partial charge in [0.1, 0.15) is 5.76 Å². The van der Waals surface area contributed by atoms with Crippen molar-refractivity contribution < 1.29 is 19.4 Å². The van der Waals surface area contributed by atoms with Crippen molar-refractivity contribution in [1.29, 1.82) is 0 Å².